The highest BCUT2D eigenvalue weighted by atomic mass is 16.4. The van der Waals surface area contributed by atoms with Gasteiger partial charge in [-0.05, 0) is 12.1 Å². The molecule has 0 spiro atoms. The molecule has 5 rings (SSSR count). The van der Waals surface area contributed by atoms with Crippen molar-refractivity contribution in [1.82, 2.24) is 0 Å². The molecule has 2 aromatic carbocycles. The molecule has 0 saturated carbocycles. The van der Waals surface area contributed by atoms with Crippen molar-refractivity contribution in [2.75, 3.05) is 0 Å². The average molecular weight is 287 g/mol. The Balaban J connectivity index is 2.05. The second-order valence-electron chi connectivity index (χ2n) is 5.54. The summed E-state index contributed by atoms with van der Waals surface area (Å²) in [6.07, 6.45) is 0. The minimum absolute atomic E-state index is 0.00547. The monoisotopic (exact) mass is 287 g/mol. The second-order valence-corrected chi connectivity index (χ2v) is 5.54. The molecule has 0 saturated heterocycles. The highest BCUT2D eigenvalue weighted by Crippen LogP contribution is 2.44. The van der Waals surface area contributed by atoms with Gasteiger partial charge in [-0.3, -0.25) is 4.79 Å². The van der Waals surface area contributed by atoms with Crippen LogP contribution in [-0.4, -0.2) is 5.78 Å². The van der Waals surface area contributed by atoms with E-state index in [2.05, 4.69) is 0 Å². The zero-order chi connectivity index (χ0) is 14.8. The number of aryl methyl sites for hydroxylation is 1. The summed E-state index contributed by atoms with van der Waals surface area (Å²) < 4.78 is 11.9. The summed E-state index contributed by atoms with van der Waals surface area (Å²) in [7, 11) is 0. The quantitative estimate of drug-likeness (QED) is 0.377. The zero-order valence-corrected chi connectivity index (χ0v) is 11.8. The van der Waals surface area contributed by atoms with Crippen molar-refractivity contribution in [3.8, 4) is 11.3 Å². The molecule has 0 unspecified atom stereocenters. The maximum atomic E-state index is 12.9. The van der Waals surface area contributed by atoms with Gasteiger partial charge in [-0.15, -0.1) is 0 Å². The largest absolute Gasteiger partial charge is 0.446 e. The molecule has 2 heterocycles. The number of fused-ring (bicyclic) bond motifs is 7. The molecule has 0 bridgehead atoms. The Bertz CT molecular complexity index is 1100. The van der Waals surface area contributed by atoms with Crippen LogP contribution in [-0.2, 0) is 0 Å². The summed E-state index contributed by atoms with van der Waals surface area (Å²) in [4.78, 5) is 12.9. The first-order valence-electron chi connectivity index (χ1n) is 7.18. The molecule has 0 atom stereocenters. The van der Waals surface area contributed by atoms with Gasteiger partial charge in [0, 0.05) is 10.9 Å². The maximum Gasteiger partial charge on any atom is 0.373 e. The lowest BCUT2D eigenvalue weighted by Crippen LogP contribution is -1.96. The van der Waals surface area contributed by atoms with Gasteiger partial charge in [-0.2, -0.15) is 0 Å². The topological polar surface area (TPSA) is 41.5 Å². The summed E-state index contributed by atoms with van der Waals surface area (Å²) in [6.45, 7) is 1.87. The molecule has 0 radical (unpaired) electrons. The molecule has 0 N–H and O–H groups in total. The third-order valence-corrected chi connectivity index (χ3v) is 4.29. The lowest BCUT2D eigenvalue weighted by molar-refractivity contribution is 0.104. The number of rotatable bonds is 0. The Morgan fingerprint density at radius 1 is 0.955 bits per heavy atom. The number of hydrogen-bond donors (Lipinski definition) is 0. The molecule has 2 aromatic heterocycles. The van der Waals surface area contributed by atoms with E-state index in [9.17, 15) is 4.79 Å². The Hall–Kier alpha value is -2.94. The molecule has 0 aliphatic heterocycles. The van der Waals surface area contributed by atoms with Gasteiger partial charge in [0.2, 0.25) is 11.4 Å². The molecular weight excluding hydrogens is 276 g/mol. The number of furan rings is 1. The molecule has 1 aliphatic rings. The highest BCUT2D eigenvalue weighted by molar-refractivity contribution is 6.29. The van der Waals surface area contributed by atoms with E-state index in [0.717, 1.165) is 21.9 Å². The first-order chi connectivity index (χ1) is 10.8. The summed E-state index contributed by atoms with van der Waals surface area (Å²) in [5, 5.41) is 1.81. The lowest BCUT2D eigenvalue weighted by Gasteiger charge is -1.93. The van der Waals surface area contributed by atoms with Gasteiger partial charge in [0.15, 0.2) is 0 Å². The molecule has 3 nitrogen and oxygen atoms in total. The predicted octanol–water partition coefficient (Wildman–Crippen LogP) is 4.98. The minimum Gasteiger partial charge on any atom is -0.446 e. The van der Waals surface area contributed by atoms with Crippen LogP contribution >= 0.6 is 0 Å². The van der Waals surface area contributed by atoms with E-state index in [-0.39, 0.29) is 5.78 Å². The van der Waals surface area contributed by atoms with E-state index in [1.807, 2.05) is 55.5 Å². The van der Waals surface area contributed by atoms with Crippen LogP contribution in [0.2, 0.25) is 0 Å². The number of carbonyl (C=O) groups is 1. The number of benzene rings is 2. The predicted molar refractivity (Wildman–Crippen MR) is 84.0 cm³/mol. The third kappa shape index (κ3) is 1.26. The molecule has 3 heteroatoms. The van der Waals surface area contributed by atoms with Crippen LogP contribution in [0.4, 0.5) is 0 Å². The van der Waals surface area contributed by atoms with Gasteiger partial charge in [0.05, 0.1) is 17.9 Å². The van der Waals surface area contributed by atoms with Crippen molar-refractivity contribution in [3.05, 3.63) is 65.4 Å². The van der Waals surface area contributed by atoms with Crippen LogP contribution in [0.25, 0.3) is 33.3 Å². The molecule has 0 amide bonds. The first-order valence-corrected chi connectivity index (χ1v) is 7.18. The fourth-order valence-electron chi connectivity index (χ4n) is 3.33. The van der Waals surface area contributed by atoms with Gasteiger partial charge in [-0.25, -0.2) is 4.42 Å². The van der Waals surface area contributed by atoms with E-state index in [1.54, 1.807) is 0 Å². The van der Waals surface area contributed by atoms with Crippen LogP contribution in [0, 0.1) is 6.92 Å². The van der Waals surface area contributed by atoms with Crippen LogP contribution in [0.5, 0.6) is 0 Å². The van der Waals surface area contributed by atoms with Gasteiger partial charge in [0.1, 0.15) is 11.1 Å². The molecule has 0 fully saturated rings. The normalized spacial score (nSPS) is 12.9. The second kappa shape index (κ2) is 3.83. The van der Waals surface area contributed by atoms with Gasteiger partial charge in [0.25, 0.3) is 0 Å². The summed E-state index contributed by atoms with van der Waals surface area (Å²) >= 11 is 0. The summed E-state index contributed by atoms with van der Waals surface area (Å²) in [6, 6.07) is 15.3. The van der Waals surface area contributed by atoms with Crippen molar-refractivity contribution in [2.24, 2.45) is 0 Å². The van der Waals surface area contributed by atoms with Gasteiger partial charge < -0.3 is 4.42 Å². The number of ketones is 1. The van der Waals surface area contributed by atoms with E-state index in [0.29, 0.717) is 28.2 Å². The molecule has 1 aliphatic carbocycles. The van der Waals surface area contributed by atoms with Crippen molar-refractivity contribution in [1.29, 1.82) is 0 Å². The summed E-state index contributed by atoms with van der Waals surface area (Å²) in [5.74, 6) is 1.34. The average Bonchev–Trinajstić information content (AvgIpc) is 3.06. The Labute approximate surface area is 125 Å². The van der Waals surface area contributed by atoms with Crippen LogP contribution in [0.3, 0.4) is 0 Å². The fraction of sp³-hybridized carbons (Fsp3) is 0.0526. The van der Waals surface area contributed by atoms with Crippen molar-refractivity contribution < 1.29 is 13.6 Å². The van der Waals surface area contributed by atoms with Crippen molar-refractivity contribution in [3.63, 3.8) is 0 Å². The van der Waals surface area contributed by atoms with E-state index < -0.39 is 0 Å². The van der Waals surface area contributed by atoms with Gasteiger partial charge >= 0.3 is 11.5 Å². The van der Waals surface area contributed by atoms with E-state index in [4.69, 9.17) is 8.83 Å². The molecular formula is C19H11O3+. The third-order valence-electron chi connectivity index (χ3n) is 4.29. The van der Waals surface area contributed by atoms with E-state index in [1.165, 1.54) is 0 Å². The Kier molecular flexibility index (Phi) is 2.03. The highest BCUT2D eigenvalue weighted by Gasteiger charge is 2.40. The molecule has 22 heavy (non-hydrogen) atoms. The lowest BCUT2D eigenvalue weighted by atomic mass is 10.0. The zero-order valence-electron chi connectivity index (χ0n) is 11.8. The van der Waals surface area contributed by atoms with E-state index >= 15 is 0 Å². The minimum atomic E-state index is 0.00547. The van der Waals surface area contributed by atoms with Crippen molar-refractivity contribution in [2.45, 2.75) is 6.92 Å². The van der Waals surface area contributed by atoms with Crippen LogP contribution in [0.15, 0.2) is 57.4 Å². The molecule has 4 aromatic rings. The summed E-state index contributed by atoms with van der Waals surface area (Å²) in [5.41, 5.74) is 3.59. The van der Waals surface area contributed by atoms with Crippen LogP contribution in [0.1, 0.15) is 21.7 Å². The fourth-order valence-corrected chi connectivity index (χ4v) is 3.33. The maximum absolute atomic E-state index is 12.9. The Morgan fingerprint density at radius 3 is 2.55 bits per heavy atom. The number of carbonyl (C=O) groups excluding carboxylic acids is 1. The Morgan fingerprint density at radius 2 is 1.68 bits per heavy atom. The smallest absolute Gasteiger partial charge is 0.373 e. The number of hydrogen-bond acceptors (Lipinski definition) is 2. The molecule has 104 valence electrons. The SMILES string of the molecule is Cc1[o+]c2c(c3c1oc1ccccc13)C(=O)c1ccccc1-2. The standard InChI is InChI=1S/C19H11O3/c1-10-18-15(13-8-4-5-9-14(13)22-18)16-17(20)11-6-2-3-7-12(11)19(16)21-10/h2-9H,1H3/q+1. The van der Waals surface area contributed by atoms with Crippen LogP contribution < -0.4 is 0 Å². The van der Waals surface area contributed by atoms with Crippen molar-refractivity contribution >= 4 is 27.7 Å². The number of para-hydroxylation sites is 1. The van der Waals surface area contributed by atoms with Gasteiger partial charge in [-0.1, -0.05) is 36.4 Å². The first kappa shape index (κ1) is 11.7.